The fourth-order valence-electron chi connectivity index (χ4n) is 5.16. The van der Waals surface area contributed by atoms with Gasteiger partial charge in [-0.2, -0.15) is 0 Å². The molecule has 0 radical (unpaired) electrons. The first-order valence-electron chi connectivity index (χ1n) is 10.7. The third-order valence-corrected chi connectivity index (χ3v) is 7.01. The van der Waals surface area contributed by atoms with E-state index in [1.807, 2.05) is 12.0 Å². The van der Waals surface area contributed by atoms with Crippen LogP contribution in [0.4, 0.5) is 5.82 Å². The number of hydrogen-bond acceptors (Lipinski definition) is 7. The summed E-state index contributed by atoms with van der Waals surface area (Å²) in [6.45, 7) is 5.25. The highest BCUT2D eigenvalue weighted by molar-refractivity contribution is 5.92. The number of likely N-dealkylation sites (N-methyl/N-ethyl adjacent to an activating group) is 2. The number of hydrogen-bond donors (Lipinski definition) is 0. The summed E-state index contributed by atoms with van der Waals surface area (Å²) in [6, 6.07) is 0.456. The summed E-state index contributed by atoms with van der Waals surface area (Å²) in [5.74, 6) is 2.06. The summed E-state index contributed by atoms with van der Waals surface area (Å²) in [4.78, 5) is 30.7. The van der Waals surface area contributed by atoms with Crippen molar-refractivity contribution in [3.05, 3.63) is 18.1 Å². The predicted octanol–water partition coefficient (Wildman–Crippen LogP) is 0.656. The topological polar surface area (TPSA) is 65.0 Å². The molecule has 2 saturated heterocycles. The van der Waals surface area contributed by atoms with Crippen LogP contribution in [0.5, 0.6) is 0 Å². The van der Waals surface area contributed by atoms with E-state index in [1.165, 1.54) is 0 Å². The summed E-state index contributed by atoms with van der Waals surface area (Å²) >= 11 is 0. The first kappa shape index (κ1) is 20.5. The second-order valence-electron chi connectivity index (χ2n) is 9.06. The monoisotopic (exact) mass is 402 g/mol. The lowest BCUT2D eigenvalue weighted by Crippen LogP contribution is -2.47. The molecule has 1 aliphatic carbocycles. The molecule has 3 fully saturated rings. The van der Waals surface area contributed by atoms with E-state index in [4.69, 9.17) is 9.72 Å². The first-order valence-corrected chi connectivity index (χ1v) is 10.7. The standard InChI is InChI=1S/C21H34N6O2/c1-24(2)18-9-15-13-27(14-16(15)10-19(18)29-4)20-12-22-11-17(23-20)21(28)26-7-5-25(3)6-8-26/h11-12,15-16,18-19H,5-10,13-14H2,1-4H3/t15-,16+,18-,19-/m1/s1. The second kappa shape index (κ2) is 8.53. The number of rotatable bonds is 4. The maximum atomic E-state index is 12.9. The highest BCUT2D eigenvalue weighted by Gasteiger charge is 2.43. The molecular formula is C21H34N6O2. The SMILES string of the molecule is CO[C@@H]1C[C@H]2CN(c3cncc(C(=O)N4CCN(C)CC4)n3)C[C@H]2C[C@H]1N(C)C. The Morgan fingerprint density at radius 3 is 2.45 bits per heavy atom. The molecule has 1 amide bonds. The van der Waals surface area contributed by atoms with Gasteiger partial charge in [0.2, 0.25) is 0 Å². The van der Waals surface area contributed by atoms with Crippen molar-refractivity contribution in [1.82, 2.24) is 24.7 Å². The lowest BCUT2D eigenvalue weighted by Gasteiger charge is -2.40. The number of carbonyl (C=O) groups is 1. The molecule has 4 rings (SSSR count). The van der Waals surface area contributed by atoms with E-state index in [9.17, 15) is 4.79 Å². The molecule has 160 valence electrons. The fourth-order valence-corrected chi connectivity index (χ4v) is 5.16. The zero-order valence-electron chi connectivity index (χ0n) is 18.1. The molecule has 0 bridgehead atoms. The minimum absolute atomic E-state index is 0.00354. The van der Waals surface area contributed by atoms with Crippen LogP contribution < -0.4 is 4.90 Å². The van der Waals surface area contributed by atoms with Crippen molar-refractivity contribution in [2.24, 2.45) is 11.8 Å². The molecular weight excluding hydrogens is 368 g/mol. The van der Waals surface area contributed by atoms with Gasteiger partial charge in [-0.25, -0.2) is 4.98 Å². The summed E-state index contributed by atoms with van der Waals surface area (Å²) in [5, 5.41) is 0. The van der Waals surface area contributed by atoms with E-state index < -0.39 is 0 Å². The largest absolute Gasteiger partial charge is 0.380 e. The summed E-state index contributed by atoms with van der Waals surface area (Å²) in [5.41, 5.74) is 0.461. The highest BCUT2D eigenvalue weighted by Crippen LogP contribution is 2.39. The molecule has 0 spiro atoms. The van der Waals surface area contributed by atoms with Crippen LogP contribution in [0.1, 0.15) is 23.3 Å². The molecule has 3 heterocycles. The van der Waals surface area contributed by atoms with Crippen LogP contribution >= 0.6 is 0 Å². The average molecular weight is 403 g/mol. The number of methoxy groups -OCH3 is 1. The van der Waals surface area contributed by atoms with Gasteiger partial charge in [0, 0.05) is 52.4 Å². The van der Waals surface area contributed by atoms with Crippen LogP contribution in [-0.2, 0) is 4.74 Å². The van der Waals surface area contributed by atoms with E-state index in [2.05, 4.69) is 40.8 Å². The molecule has 8 nitrogen and oxygen atoms in total. The third-order valence-electron chi connectivity index (χ3n) is 7.01. The minimum Gasteiger partial charge on any atom is -0.380 e. The van der Waals surface area contributed by atoms with Crippen molar-refractivity contribution in [2.45, 2.75) is 25.0 Å². The van der Waals surface area contributed by atoms with Gasteiger partial charge in [-0.3, -0.25) is 9.78 Å². The quantitative estimate of drug-likeness (QED) is 0.733. The average Bonchev–Trinajstić information content (AvgIpc) is 3.16. The summed E-state index contributed by atoms with van der Waals surface area (Å²) < 4.78 is 5.80. The Balaban J connectivity index is 1.45. The Kier molecular flexibility index (Phi) is 6.03. The smallest absolute Gasteiger partial charge is 0.274 e. The zero-order chi connectivity index (χ0) is 20.5. The first-order chi connectivity index (χ1) is 14.0. The number of amides is 1. The maximum absolute atomic E-state index is 12.9. The number of piperazine rings is 1. The maximum Gasteiger partial charge on any atom is 0.274 e. The Hall–Kier alpha value is -1.77. The molecule has 1 aromatic rings. The van der Waals surface area contributed by atoms with Gasteiger partial charge in [-0.1, -0.05) is 0 Å². The second-order valence-corrected chi connectivity index (χ2v) is 9.06. The van der Waals surface area contributed by atoms with Gasteiger partial charge < -0.3 is 24.3 Å². The van der Waals surface area contributed by atoms with Crippen LogP contribution in [0.15, 0.2) is 12.4 Å². The van der Waals surface area contributed by atoms with Crippen LogP contribution in [0, 0.1) is 11.8 Å². The number of fused-ring (bicyclic) bond motifs is 1. The van der Waals surface area contributed by atoms with Gasteiger partial charge in [0.25, 0.3) is 5.91 Å². The fraction of sp³-hybridized carbons (Fsp3) is 0.762. The number of aromatic nitrogens is 2. The van der Waals surface area contributed by atoms with Gasteiger partial charge in [-0.05, 0) is 45.8 Å². The van der Waals surface area contributed by atoms with Gasteiger partial charge in [0.1, 0.15) is 11.5 Å². The van der Waals surface area contributed by atoms with Gasteiger partial charge in [-0.15, -0.1) is 0 Å². The van der Waals surface area contributed by atoms with Crippen molar-refractivity contribution in [3.8, 4) is 0 Å². The minimum atomic E-state index is -0.00354. The van der Waals surface area contributed by atoms with Gasteiger partial charge >= 0.3 is 0 Å². The van der Waals surface area contributed by atoms with E-state index >= 15 is 0 Å². The van der Waals surface area contributed by atoms with Crippen LogP contribution in [-0.4, -0.2) is 110 Å². The Morgan fingerprint density at radius 2 is 1.79 bits per heavy atom. The highest BCUT2D eigenvalue weighted by atomic mass is 16.5. The number of carbonyl (C=O) groups excluding carboxylic acids is 1. The Labute approximate surface area is 173 Å². The van der Waals surface area contributed by atoms with Crippen LogP contribution in [0.3, 0.4) is 0 Å². The van der Waals surface area contributed by atoms with Crippen LogP contribution in [0.25, 0.3) is 0 Å². The normalized spacial score (nSPS) is 30.7. The van der Waals surface area contributed by atoms with E-state index in [0.717, 1.165) is 57.9 Å². The van der Waals surface area contributed by atoms with Gasteiger partial charge in [0.15, 0.2) is 0 Å². The summed E-state index contributed by atoms with van der Waals surface area (Å²) in [7, 11) is 8.20. The number of nitrogens with zero attached hydrogens (tertiary/aromatic N) is 6. The van der Waals surface area contributed by atoms with Crippen molar-refractivity contribution >= 4 is 11.7 Å². The molecule has 8 heteroatoms. The number of ether oxygens (including phenoxy) is 1. The van der Waals surface area contributed by atoms with Crippen LogP contribution in [0.2, 0.25) is 0 Å². The van der Waals surface area contributed by atoms with E-state index in [-0.39, 0.29) is 12.0 Å². The van der Waals surface area contributed by atoms with Crippen molar-refractivity contribution < 1.29 is 9.53 Å². The molecule has 0 aromatic carbocycles. The molecule has 1 aromatic heterocycles. The Bertz CT molecular complexity index is 721. The van der Waals surface area contributed by atoms with Gasteiger partial charge in [0.05, 0.1) is 18.5 Å². The van der Waals surface area contributed by atoms with Crippen molar-refractivity contribution in [2.75, 3.05) is 72.4 Å². The molecule has 2 aliphatic heterocycles. The van der Waals surface area contributed by atoms with Crippen molar-refractivity contribution in [1.29, 1.82) is 0 Å². The lowest BCUT2D eigenvalue weighted by atomic mass is 9.77. The lowest BCUT2D eigenvalue weighted by molar-refractivity contribution is -0.0209. The molecule has 0 unspecified atom stereocenters. The molecule has 29 heavy (non-hydrogen) atoms. The predicted molar refractivity (Wildman–Crippen MR) is 112 cm³/mol. The van der Waals surface area contributed by atoms with E-state index in [0.29, 0.717) is 23.6 Å². The zero-order valence-corrected chi connectivity index (χ0v) is 18.1. The van der Waals surface area contributed by atoms with E-state index in [1.54, 1.807) is 12.4 Å². The molecule has 1 saturated carbocycles. The molecule has 3 aliphatic rings. The third kappa shape index (κ3) is 4.25. The Morgan fingerprint density at radius 1 is 1.10 bits per heavy atom. The molecule has 0 N–H and O–H groups in total. The number of anilines is 1. The molecule has 4 atom stereocenters. The van der Waals surface area contributed by atoms with Crippen molar-refractivity contribution in [3.63, 3.8) is 0 Å². The summed E-state index contributed by atoms with van der Waals surface area (Å²) in [6.07, 6.45) is 5.90.